The number of hydrogen-bond acceptors (Lipinski definition) is 5. The Hall–Kier alpha value is -2.34. The van der Waals surface area contributed by atoms with E-state index >= 15 is 0 Å². The highest BCUT2D eigenvalue weighted by atomic mass is 16.7. The summed E-state index contributed by atoms with van der Waals surface area (Å²) in [4.78, 5) is 22.4. The van der Waals surface area contributed by atoms with Gasteiger partial charge in [0.1, 0.15) is 5.82 Å². The SMILES string of the molecule is CC(C)(C)c1nc2c(c(=O)[nH]1)CCN(Cc1ccc3c(c1)OCO3)C2. The van der Waals surface area contributed by atoms with E-state index in [0.717, 1.165) is 48.1 Å². The summed E-state index contributed by atoms with van der Waals surface area (Å²) in [5, 5.41) is 0. The number of hydrogen-bond donors (Lipinski definition) is 1. The summed E-state index contributed by atoms with van der Waals surface area (Å²) >= 11 is 0. The number of aromatic amines is 1. The third-order valence-corrected chi connectivity index (χ3v) is 4.71. The van der Waals surface area contributed by atoms with Gasteiger partial charge >= 0.3 is 0 Å². The molecular formula is C19H23N3O3. The van der Waals surface area contributed by atoms with Gasteiger partial charge in [0.25, 0.3) is 5.56 Å². The first-order chi connectivity index (χ1) is 11.9. The molecule has 4 rings (SSSR count). The normalized spacial score (nSPS) is 16.8. The molecule has 0 aliphatic carbocycles. The van der Waals surface area contributed by atoms with Crippen LogP contribution in [0.25, 0.3) is 0 Å². The van der Waals surface area contributed by atoms with Gasteiger partial charge in [0, 0.05) is 30.6 Å². The zero-order valence-corrected chi connectivity index (χ0v) is 14.9. The maximum Gasteiger partial charge on any atom is 0.254 e. The Morgan fingerprint density at radius 2 is 2.04 bits per heavy atom. The summed E-state index contributed by atoms with van der Waals surface area (Å²) in [5.74, 6) is 2.36. The minimum Gasteiger partial charge on any atom is -0.454 e. The fraction of sp³-hybridized carbons (Fsp3) is 0.474. The molecular weight excluding hydrogens is 318 g/mol. The van der Waals surface area contributed by atoms with E-state index in [1.165, 1.54) is 5.56 Å². The van der Waals surface area contributed by atoms with E-state index in [9.17, 15) is 4.79 Å². The van der Waals surface area contributed by atoms with Crippen molar-refractivity contribution in [2.75, 3.05) is 13.3 Å². The lowest BCUT2D eigenvalue weighted by atomic mass is 9.95. The standard InChI is InChI=1S/C19H23N3O3/c1-19(2,3)18-20-14-10-22(7-6-13(14)17(23)21-18)9-12-4-5-15-16(8-12)25-11-24-15/h4-5,8H,6-7,9-11H2,1-3H3,(H,20,21,23). The molecule has 0 bridgehead atoms. The molecule has 0 atom stereocenters. The summed E-state index contributed by atoms with van der Waals surface area (Å²) in [6.45, 7) is 8.81. The fourth-order valence-corrected chi connectivity index (χ4v) is 3.28. The van der Waals surface area contributed by atoms with Gasteiger partial charge in [-0.2, -0.15) is 0 Å². The minimum absolute atomic E-state index is 0.0117. The summed E-state index contributed by atoms with van der Waals surface area (Å²) < 4.78 is 10.8. The quantitative estimate of drug-likeness (QED) is 0.908. The summed E-state index contributed by atoms with van der Waals surface area (Å²) in [5.41, 5.74) is 2.75. The van der Waals surface area contributed by atoms with Crippen LogP contribution in [-0.4, -0.2) is 28.2 Å². The lowest BCUT2D eigenvalue weighted by molar-refractivity contribution is 0.174. The van der Waals surface area contributed by atoms with Crippen LogP contribution in [0.15, 0.2) is 23.0 Å². The van der Waals surface area contributed by atoms with Crippen molar-refractivity contribution in [1.29, 1.82) is 0 Å². The Bertz CT molecular complexity index is 867. The van der Waals surface area contributed by atoms with Crippen LogP contribution >= 0.6 is 0 Å². The second kappa shape index (κ2) is 5.88. The van der Waals surface area contributed by atoms with E-state index in [2.05, 4.69) is 36.7 Å². The molecule has 1 N–H and O–H groups in total. The van der Waals surface area contributed by atoms with Crippen molar-refractivity contribution in [3.05, 3.63) is 51.2 Å². The average Bonchev–Trinajstić information content (AvgIpc) is 3.01. The third kappa shape index (κ3) is 3.14. The molecule has 0 saturated carbocycles. The van der Waals surface area contributed by atoms with Gasteiger partial charge in [-0.1, -0.05) is 26.8 Å². The van der Waals surface area contributed by atoms with Gasteiger partial charge in [0.05, 0.1) is 5.69 Å². The largest absolute Gasteiger partial charge is 0.454 e. The molecule has 0 amide bonds. The van der Waals surface area contributed by atoms with Crippen LogP contribution in [0.5, 0.6) is 11.5 Å². The molecule has 6 nitrogen and oxygen atoms in total. The molecule has 0 fully saturated rings. The van der Waals surface area contributed by atoms with Crippen molar-refractivity contribution in [2.45, 2.75) is 45.7 Å². The average molecular weight is 341 g/mol. The van der Waals surface area contributed by atoms with Gasteiger partial charge in [-0.25, -0.2) is 4.98 Å². The monoisotopic (exact) mass is 341 g/mol. The molecule has 2 aromatic rings. The number of ether oxygens (including phenoxy) is 2. The highest BCUT2D eigenvalue weighted by molar-refractivity contribution is 5.44. The van der Waals surface area contributed by atoms with Crippen molar-refractivity contribution >= 4 is 0 Å². The van der Waals surface area contributed by atoms with Crippen molar-refractivity contribution in [1.82, 2.24) is 14.9 Å². The second-order valence-corrected chi connectivity index (χ2v) is 7.74. The highest BCUT2D eigenvalue weighted by Gasteiger charge is 2.25. The van der Waals surface area contributed by atoms with Gasteiger partial charge in [-0.05, 0) is 24.1 Å². The lowest BCUT2D eigenvalue weighted by Gasteiger charge is -2.29. The highest BCUT2D eigenvalue weighted by Crippen LogP contribution is 2.33. The Morgan fingerprint density at radius 3 is 2.84 bits per heavy atom. The molecule has 0 unspecified atom stereocenters. The van der Waals surface area contributed by atoms with Gasteiger partial charge in [0.15, 0.2) is 11.5 Å². The van der Waals surface area contributed by atoms with E-state index in [0.29, 0.717) is 6.54 Å². The second-order valence-electron chi connectivity index (χ2n) is 7.74. The fourth-order valence-electron chi connectivity index (χ4n) is 3.28. The van der Waals surface area contributed by atoms with Crippen LogP contribution in [0.4, 0.5) is 0 Å². The van der Waals surface area contributed by atoms with Crippen LogP contribution in [0, 0.1) is 0 Å². The van der Waals surface area contributed by atoms with Gasteiger partial charge in [0.2, 0.25) is 6.79 Å². The topological polar surface area (TPSA) is 67.5 Å². The summed E-state index contributed by atoms with van der Waals surface area (Å²) in [6.07, 6.45) is 0.729. The third-order valence-electron chi connectivity index (χ3n) is 4.71. The Labute approximate surface area is 146 Å². The molecule has 2 aliphatic rings. The van der Waals surface area contributed by atoms with E-state index in [4.69, 9.17) is 14.5 Å². The predicted octanol–water partition coefficient (Wildman–Crippen LogP) is 2.35. The zero-order valence-electron chi connectivity index (χ0n) is 14.9. The summed E-state index contributed by atoms with van der Waals surface area (Å²) in [7, 11) is 0. The number of benzene rings is 1. The molecule has 0 spiro atoms. The smallest absolute Gasteiger partial charge is 0.254 e. The molecule has 25 heavy (non-hydrogen) atoms. The lowest BCUT2D eigenvalue weighted by Crippen LogP contribution is -2.36. The first-order valence-electron chi connectivity index (χ1n) is 8.63. The van der Waals surface area contributed by atoms with Crippen LogP contribution in [-0.2, 0) is 24.9 Å². The number of nitrogens with zero attached hydrogens (tertiary/aromatic N) is 2. The van der Waals surface area contributed by atoms with E-state index in [-0.39, 0.29) is 17.8 Å². The Morgan fingerprint density at radius 1 is 1.24 bits per heavy atom. The summed E-state index contributed by atoms with van der Waals surface area (Å²) in [6, 6.07) is 6.05. The number of nitrogens with one attached hydrogen (secondary N) is 1. The van der Waals surface area contributed by atoms with Crippen molar-refractivity contribution in [3.63, 3.8) is 0 Å². The van der Waals surface area contributed by atoms with E-state index < -0.39 is 0 Å². The van der Waals surface area contributed by atoms with Crippen LogP contribution < -0.4 is 15.0 Å². The number of H-pyrrole nitrogens is 1. The molecule has 1 aromatic carbocycles. The van der Waals surface area contributed by atoms with Crippen LogP contribution in [0.2, 0.25) is 0 Å². The first kappa shape index (κ1) is 16.1. The number of rotatable bonds is 2. The van der Waals surface area contributed by atoms with Crippen LogP contribution in [0.3, 0.4) is 0 Å². The first-order valence-corrected chi connectivity index (χ1v) is 8.63. The maximum atomic E-state index is 12.4. The number of fused-ring (bicyclic) bond motifs is 2. The Kier molecular flexibility index (Phi) is 3.80. The molecule has 0 radical (unpaired) electrons. The van der Waals surface area contributed by atoms with Crippen molar-refractivity contribution < 1.29 is 9.47 Å². The van der Waals surface area contributed by atoms with Gasteiger partial charge < -0.3 is 14.5 Å². The van der Waals surface area contributed by atoms with Crippen molar-refractivity contribution in [2.24, 2.45) is 0 Å². The van der Waals surface area contributed by atoms with E-state index in [1.54, 1.807) is 0 Å². The Balaban J connectivity index is 1.56. The minimum atomic E-state index is -0.173. The predicted molar refractivity (Wildman–Crippen MR) is 93.9 cm³/mol. The molecule has 0 saturated heterocycles. The molecule has 132 valence electrons. The molecule has 6 heteroatoms. The zero-order chi connectivity index (χ0) is 17.6. The van der Waals surface area contributed by atoms with Gasteiger partial charge in [-0.3, -0.25) is 9.69 Å². The van der Waals surface area contributed by atoms with E-state index in [1.807, 2.05) is 12.1 Å². The van der Waals surface area contributed by atoms with Gasteiger partial charge in [-0.15, -0.1) is 0 Å². The molecule has 3 heterocycles. The molecule has 1 aromatic heterocycles. The molecule has 2 aliphatic heterocycles. The van der Waals surface area contributed by atoms with Crippen LogP contribution in [0.1, 0.15) is 43.4 Å². The van der Waals surface area contributed by atoms with Crippen molar-refractivity contribution in [3.8, 4) is 11.5 Å². The maximum absolute atomic E-state index is 12.4. The number of aromatic nitrogens is 2.